The van der Waals surface area contributed by atoms with E-state index in [2.05, 4.69) is 6.92 Å². The molecule has 4 nitrogen and oxygen atoms in total. The largest absolute Gasteiger partial charge is 0.463 e. The standard InChI is InChI=1S/C10H13O4/c1-3-4-5-13-10(12)8-6-7(2)9(11)14-8/h6,8H,2-5H2,1H3. The smallest absolute Gasteiger partial charge is 0.347 e. The summed E-state index contributed by atoms with van der Waals surface area (Å²) in [6.45, 7) is 5.79. The number of carbonyl (C=O) groups is 2. The molecule has 1 fully saturated rings. The molecule has 0 N–H and O–H groups in total. The molecule has 0 aromatic carbocycles. The lowest BCUT2D eigenvalue weighted by Crippen LogP contribution is -2.23. The van der Waals surface area contributed by atoms with Gasteiger partial charge in [-0.15, -0.1) is 0 Å². The van der Waals surface area contributed by atoms with E-state index in [-0.39, 0.29) is 5.92 Å². The highest BCUT2D eigenvalue weighted by molar-refractivity contribution is 5.96. The number of unbranched alkanes of at least 4 members (excludes halogenated alkanes) is 1. The van der Waals surface area contributed by atoms with Crippen LogP contribution in [0.25, 0.3) is 0 Å². The lowest BCUT2D eigenvalue weighted by Gasteiger charge is -2.08. The summed E-state index contributed by atoms with van der Waals surface area (Å²) in [7, 11) is 0. The molecule has 1 unspecified atom stereocenters. The van der Waals surface area contributed by atoms with E-state index in [1.807, 2.05) is 6.92 Å². The van der Waals surface area contributed by atoms with Gasteiger partial charge in [-0.2, -0.15) is 0 Å². The molecule has 14 heavy (non-hydrogen) atoms. The third kappa shape index (κ3) is 2.72. The summed E-state index contributed by atoms with van der Waals surface area (Å²) in [5.41, 5.74) is 0. The highest BCUT2D eigenvalue weighted by Gasteiger charge is 2.37. The van der Waals surface area contributed by atoms with E-state index in [9.17, 15) is 9.59 Å². The van der Waals surface area contributed by atoms with Crippen LogP contribution in [0.2, 0.25) is 0 Å². The number of rotatable bonds is 4. The number of hydrogen-bond donors (Lipinski definition) is 0. The number of cyclic esters (lactones) is 1. The van der Waals surface area contributed by atoms with E-state index in [0.717, 1.165) is 12.8 Å². The van der Waals surface area contributed by atoms with Crippen molar-refractivity contribution in [2.24, 2.45) is 0 Å². The zero-order valence-electron chi connectivity index (χ0n) is 8.12. The van der Waals surface area contributed by atoms with Gasteiger partial charge in [-0.25, -0.2) is 4.79 Å². The third-order valence-electron chi connectivity index (χ3n) is 1.82. The number of ether oxygens (including phenoxy) is 2. The maximum atomic E-state index is 11.2. The highest BCUT2D eigenvalue weighted by Crippen LogP contribution is 2.21. The van der Waals surface area contributed by atoms with Gasteiger partial charge in [0.05, 0.1) is 12.5 Å². The summed E-state index contributed by atoms with van der Waals surface area (Å²) in [6.07, 6.45) is 2.24. The molecule has 4 heteroatoms. The quantitative estimate of drug-likeness (QED) is 0.495. The predicted octanol–water partition coefficient (Wildman–Crippen LogP) is 0.868. The molecule has 0 saturated carbocycles. The Morgan fingerprint density at radius 2 is 2.43 bits per heavy atom. The Morgan fingerprint density at radius 3 is 2.93 bits per heavy atom. The van der Waals surface area contributed by atoms with Crippen LogP contribution >= 0.6 is 0 Å². The first-order valence-corrected chi connectivity index (χ1v) is 4.56. The molecule has 3 radical (unpaired) electrons. The van der Waals surface area contributed by atoms with Gasteiger partial charge in [-0.05, 0) is 13.3 Å². The Labute approximate surface area is 83.6 Å². The van der Waals surface area contributed by atoms with Crippen LogP contribution in [0.15, 0.2) is 0 Å². The fourth-order valence-corrected chi connectivity index (χ4v) is 0.991. The van der Waals surface area contributed by atoms with Crippen LogP contribution in [0.1, 0.15) is 19.8 Å². The monoisotopic (exact) mass is 197 g/mol. The molecule has 0 aromatic rings. The zero-order chi connectivity index (χ0) is 10.6. The van der Waals surface area contributed by atoms with E-state index in [1.54, 1.807) is 0 Å². The van der Waals surface area contributed by atoms with E-state index >= 15 is 0 Å². The molecule has 0 amide bonds. The molecule has 77 valence electrons. The Bertz CT molecular complexity index is 224. The Hall–Kier alpha value is -1.06. The fraction of sp³-hybridized carbons (Fsp3) is 0.500. The zero-order valence-corrected chi connectivity index (χ0v) is 8.12. The molecule has 1 heterocycles. The molecule has 1 atom stereocenters. The summed E-state index contributed by atoms with van der Waals surface area (Å²) in [6, 6.07) is 0. The second-order valence-electron chi connectivity index (χ2n) is 3.04. The van der Waals surface area contributed by atoms with E-state index in [1.165, 1.54) is 6.42 Å². The molecule has 1 aliphatic heterocycles. The van der Waals surface area contributed by atoms with Gasteiger partial charge in [-0.3, -0.25) is 4.79 Å². The first kappa shape index (κ1) is 11.0. The number of carbonyl (C=O) groups excluding carboxylic acids is 2. The van der Waals surface area contributed by atoms with Crippen molar-refractivity contribution in [3.05, 3.63) is 19.3 Å². The summed E-state index contributed by atoms with van der Waals surface area (Å²) >= 11 is 0. The van der Waals surface area contributed by atoms with Crippen molar-refractivity contribution < 1.29 is 19.1 Å². The van der Waals surface area contributed by atoms with Crippen molar-refractivity contribution in [1.29, 1.82) is 0 Å². The first-order chi connectivity index (χ1) is 6.65. The average Bonchev–Trinajstić information content (AvgIpc) is 2.47. The van der Waals surface area contributed by atoms with Crippen LogP contribution in [-0.2, 0) is 19.1 Å². The van der Waals surface area contributed by atoms with Crippen LogP contribution in [0, 0.1) is 19.3 Å². The average molecular weight is 197 g/mol. The van der Waals surface area contributed by atoms with Gasteiger partial charge in [0.1, 0.15) is 0 Å². The Balaban J connectivity index is 2.28. The minimum atomic E-state index is -0.896. The molecule has 1 rings (SSSR count). The van der Waals surface area contributed by atoms with Crippen molar-refractivity contribution in [3.8, 4) is 0 Å². The molecular weight excluding hydrogens is 184 g/mol. The van der Waals surface area contributed by atoms with Gasteiger partial charge >= 0.3 is 11.9 Å². The fourth-order valence-electron chi connectivity index (χ4n) is 0.991. The molecule has 0 bridgehead atoms. The molecule has 0 aliphatic carbocycles. The summed E-state index contributed by atoms with van der Waals surface area (Å²) in [4.78, 5) is 22.1. The minimum Gasteiger partial charge on any atom is -0.463 e. The van der Waals surface area contributed by atoms with E-state index < -0.39 is 18.0 Å². The van der Waals surface area contributed by atoms with Crippen LogP contribution in [0.4, 0.5) is 0 Å². The van der Waals surface area contributed by atoms with Gasteiger partial charge < -0.3 is 9.47 Å². The summed E-state index contributed by atoms with van der Waals surface area (Å²) in [5, 5.41) is 0. The van der Waals surface area contributed by atoms with Crippen molar-refractivity contribution in [2.45, 2.75) is 25.9 Å². The number of esters is 2. The van der Waals surface area contributed by atoms with Crippen molar-refractivity contribution in [2.75, 3.05) is 6.61 Å². The van der Waals surface area contributed by atoms with Crippen LogP contribution in [0.5, 0.6) is 0 Å². The Morgan fingerprint density at radius 1 is 1.71 bits per heavy atom. The van der Waals surface area contributed by atoms with Gasteiger partial charge in [0.2, 0.25) is 6.10 Å². The van der Waals surface area contributed by atoms with Gasteiger partial charge in [0, 0.05) is 6.42 Å². The number of hydrogen-bond acceptors (Lipinski definition) is 4. The van der Waals surface area contributed by atoms with Crippen LogP contribution in [-0.4, -0.2) is 24.6 Å². The molecule has 0 aromatic heterocycles. The topological polar surface area (TPSA) is 52.6 Å². The summed E-state index contributed by atoms with van der Waals surface area (Å²) < 4.78 is 9.57. The predicted molar refractivity (Wildman–Crippen MR) is 48.6 cm³/mol. The van der Waals surface area contributed by atoms with Crippen molar-refractivity contribution in [3.63, 3.8) is 0 Å². The van der Waals surface area contributed by atoms with Crippen molar-refractivity contribution in [1.82, 2.24) is 0 Å². The lowest BCUT2D eigenvalue weighted by atomic mass is 10.1. The van der Waals surface area contributed by atoms with E-state index in [4.69, 9.17) is 9.47 Å². The second-order valence-corrected chi connectivity index (χ2v) is 3.04. The minimum absolute atomic E-state index is 0.211. The molecular formula is C10H13O4. The molecule has 1 aliphatic rings. The van der Waals surface area contributed by atoms with E-state index in [0.29, 0.717) is 6.61 Å². The maximum Gasteiger partial charge on any atom is 0.347 e. The van der Waals surface area contributed by atoms with Crippen LogP contribution < -0.4 is 0 Å². The lowest BCUT2D eigenvalue weighted by molar-refractivity contribution is -0.160. The molecule has 0 spiro atoms. The summed E-state index contributed by atoms with van der Waals surface area (Å²) in [5.74, 6) is -0.865. The SMILES string of the molecule is [CH2][C]1[CH]C(C(=O)OCCCC)OC1=O. The van der Waals surface area contributed by atoms with Crippen LogP contribution in [0.3, 0.4) is 0 Å². The van der Waals surface area contributed by atoms with Gasteiger partial charge in [-0.1, -0.05) is 13.3 Å². The normalized spacial score (nSPS) is 22.1. The third-order valence-corrected chi connectivity index (χ3v) is 1.82. The second kappa shape index (κ2) is 4.98. The van der Waals surface area contributed by atoms with Gasteiger partial charge in [0.15, 0.2) is 0 Å². The maximum absolute atomic E-state index is 11.2. The van der Waals surface area contributed by atoms with Crippen molar-refractivity contribution >= 4 is 11.9 Å². The highest BCUT2D eigenvalue weighted by atomic mass is 16.6. The van der Waals surface area contributed by atoms with Gasteiger partial charge in [0.25, 0.3) is 0 Å². The Kier molecular flexibility index (Phi) is 3.92. The first-order valence-electron chi connectivity index (χ1n) is 4.56. The molecule has 1 saturated heterocycles.